The van der Waals surface area contributed by atoms with Gasteiger partial charge in [0.15, 0.2) is 0 Å². The average molecular weight is 189 g/mol. The molecular formula is C11H11NS. The van der Waals surface area contributed by atoms with Gasteiger partial charge < -0.3 is 4.90 Å². The van der Waals surface area contributed by atoms with E-state index in [2.05, 4.69) is 40.9 Å². The van der Waals surface area contributed by atoms with E-state index in [1.165, 1.54) is 16.8 Å². The zero-order chi connectivity index (χ0) is 8.84. The quantitative estimate of drug-likeness (QED) is 0.604. The van der Waals surface area contributed by atoms with Gasteiger partial charge in [-0.15, -0.1) is 0 Å². The maximum absolute atomic E-state index is 2.37. The minimum absolute atomic E-state index is 0.589. The van der Waals surface area contributed by atoms with Gasteiger partial charge in [-0.3, -0.25) is 0 Å². The highest BCUT2D eigenvalue weighted by molar-refractivity contribution is 7.08. The first kappa shape index (κ1) is 7.39. The molecule has 2 aliphatic heterocycles. The molecule has 0 amide bonds. The molecule has 13 heavy (non-hydrogen) atoms. The summed E-state index contributed by atoms with van der Waals surface area (Å²) < 4.78 is 0. The molecule has 0 N–H and O–H groups in total. The van der Waals surface area contributed by atoms with Gasteiger partial charge in [0.05, 0.1) is 6.04 Å². The summed E-state index contributed by atoms with van der Waals surface area (Å²) in [4.78, 5) is 2.37. The van der Waals surface area contributed by atoms with Crippen molar-refractivity contribution in [1.29, 1.82) is 0 Å². The number of nitrogens with zero attached hydrogens (tertiary/aromatic N) is 1. The van der Waals surface area contributed by atoms with Gasteiger partial charge >= 0.3 is 0 Å². The third kappa shape index (κ3) is 0.923. The van der Waals surface area contributed by atoms with Crippen LogP contribution in [0.25, 0.3) is 6.08 Å². The van der Waals surface area contributed by atoms with Crippen LogP contribution in [0.5, 0.6) is 0 Å². The molecule has 0 saturated carbocycles. The topological polar surface area (TPSA) is 3.24 Å². The van der Waals surface area contributed by atoms with Gasteiger partial charge in [0.1, 0.15) is 0 Å². The molecule has 1 aromatic heterocycles. The zero-order valence-electron chi connectivity index (χ0n) is 7.53. The van der Waals surface area contributed by atoms with Crippen LogP contribution >= 0.6 is 11.3 Å². The summed E-state index contributed by atoms with van der Waals surface area (Å²) in [5, 5.41) is 4.53. The number of allylic oxidation sites excluding steroid dienone is 1. The Balaban J connectivity index is 2.18. The molecule has 0 aromatic carbocycles. The SMILES string of the molecule is CC1=Cc2cscc2C2CC=CN12. The molecule has 0 bridgehead atoms. The fraction of sp³-hybridized carbons (Fsp3) is 0.273. The highest BCUT2D eigenvalue weighted by atomic mass is 32.1. The van der Waals surface area contributed by atoms with E-state index in [4.69, 9.17) is 0 Å². The van der Waals surface area contributed by atoms with Crippen molar-refractivity contribution in [3.8, 4) is 0 Å². The molecule has 66 valence electrons. The predicted octanol–water partition coefficient (Wildman–Crippen LogP) is 3.38. The summed E-state index contributed by atoms with van der Waals surface area (Å²) >= 11 is 1.81. The van der Waals surface area contributed by atoms with E-state index in [1.54, 1.807) is 0 Å². The van der Waals surface area contributed by atoms with Crippen LogP contribution < -0.4 is 0 Å². The van der Waals surface area contributed by atoms with Gasteiger partial charge in [0.2, 0.25) is 0 Å². The Morgan fingerprint density at radius 2 is 2.38 bits per heavy atom. The first-order valence-corrected chi connectivity index (χ1v) is 5.50. The molecule has 0 radical (unpaired) electrons. The van der Waals surface area contributed by atoms with Crippen molar-refractivity contribution in [2.75, 3.05) is 0 Å². The molecule has 0 fully saturated rings. The van der Waals surface area contributed by atoms with Crippen LogP contribution in [0, 0.1) is 0 Å². The molecule has 1 aromatic rings. The molecule has 1 unspecified atom stereocenters. The second-order valence-corrected chi connectivity index (χ2v) is 4.36. The monoisotopic (exact) mass is 189 g/mol. The van der Waals surface area contributed by atoms with Crippen molar-refractivity contribution in [1.82, 2.24) is 4.90 Å². The van der Waals surface area contributed by atoms with Gasteiger partial charge in [-0.05, 0) is 41.3 Å². The van der Waals surface area contributed by atoms with E-state index in [0.717, 1.165) is 6.42 Å². The Labute approximate surface area is 82.0 Å². The lowest BCUT2D eigenvalue weighted by Crippen LogP contribution is -2.20. The fourth-order valence-electron chi connectivity index (χ4n) is 2.17. The normalized spacial score (nSPS) is 24.2. The summed E-state index contributed by atoms with van der Waals surface area (Å²) in [6.07, 6.45) is 7.90. The van der Waals surface area contributed by atoms with Crippen molar-refractivity contribution in [3.63, 3.8) is 0 Å². The van der Waals surface area contributed by atoms with Crippen LogP contribution in [0.3, 0.4) is 0 Å². The first-order chi connectivity index (χ1) is 6.36. The summed E-state index contributed by atoms with van der Waals surface area (Å²) in [7, 11) is 0. The fourth-order valence-corrected chi connectivity index (χ4v) is 3.02. The summed E-state index contributed by atoms with van der Waals surface area (Å²) in [6.45, 7) is 2.18. The summed E-state index contributed by atoms with van der Waals surface area (Å²) in [6, 6.07) is 0.589. The minimum Gasteiger partial charge on any atom is -0.344 e. The van der Waals surface area contributed by atoms with Crippen molar-refractivity contribution < 1.29 is 0 Å². The molecule has 0 spiro atoms. The van der Waals surface area contributed by atoms with E-state index in [-0.39, 0.29) is 0 Å². The largest absolute Gasteiger partial charge is 0.344 e. The van der Waals surface area contributed by atoms with Gasteiger partial charge in [-0.1, -0.05) is 6.08 Å². The van der Waals surface area contributed by atoms with Gasteiger partial charge in [-0.25, -0.2) is 0 Å². The van der Waals surface area contributed by atoms with Crippen LogP contribution in [0.15, 0.2) is 28.7 Å². The van der Waals surface area contributed by atoms with Gasteiger partial charge in [-0.2, -0.15) is 11.3 Å². The Bertz CT molecular complexity index is 400. The molecule has 2 aliphatic rings. The van der Waals surface area contributed by atoms with Crippen molar-refractivity contribution >= 4 is 17.4 Å². The van der Waals surface area contributed by atoms with E-state index in [1.807, 2.05) is 11.3 Å². The smallest absolute Gasteiger partial charge is 0.0631 e. The summed E-state index contributed by atoms with van der Waals surface area (Å²) in [5.41, 5.74) is 4.29. The van der Waals surface area contributed by atoms with E-state index in [9.17, 15) is 0 Å². The predicted molar refractivity (Wildman–Crippen MR) is 56.3 cm³/mol. The molecular weight excluding hydrogens is 178 g/mol. The second-order valence-electron chi connectivity index (χ2n) is 3.61. The van der Waals surface area contributed by atoms with Crippen LogP contribution in [-0.2, 0) is 0 Å². The van der Waals surface area contributed by atoms with Crippen molar-refractivity contribution in [2.45, 2.75) is 19.4 Å². The second kappa shape index (κ2) is 2.48. The van der Waals surface area contributed by atoms with E-state index < -0.39 is 0 Å². The average Bonchev–Trinajstić information content (AvgIpc) is 2.66. The number of thiophene rings is 1. The van der Waals surface area contributed by atoms with Crippen molar-refractivity contribution in [3.05, 3.63) is 39.9 Å². The number of rotatable bonds is 0. The first-order valence-electron chi connectivity index (χ1n) is 4.55. The molecule has 1 nitrogen and oxygen atoms in total. The van der Waals surface area contributed by atoms with Gasteiger partial charge in [0.25, 0.3) is 0 Å². The number of fused-ring (bicyclic) bond motifs is 3. The lowest BCUT2D eigenvalue weighted by atomic mass is 9.99. The maximum Gasteiger partial charge on any atom is 0.0631 e. The standard InChI is InChI=1S/C11H11NS/c1-8-5-9-6-13-7-10(9)11-3-2-4-12(8)11/h2,4-7,11H,3H2,1H3. The molecule has 3 rings (SSSR count). The molecule has 1 atom stereocenters. The molecule has 0 saturated heterocycles. The Morgan fingerprint density at radius 1 is 1.46 bits per heavy atom. The Kier molecular flexibility index (Phi) is 1.41. The highest BCUT2D eigenvalue weighted by Gasteiger charge is 2.27. The van der Waals surface area contributed by atoms with Gasteiger partial charge in [0, 0.05) is 11.9 Å². The van der Waals surface area contributed by atoms with Crippen molar-refractivity contribution in [2.24, 2.45) is 0 Å². The van der Waals surface area contributed by atoms with Crippen LogP contribution in [0.2, 0.25) is 0 Å². The van der Waals surface area contributed by atoms with Crippen LogP contribution in [-0.4, -0.2) is 4.90 Å². The highest BCUT2D eigenvalue weighted by Crippen LogP contribution is 2.41. The molecule has 2 heteroatoms. The lowest BCUT2D eigenvalue weighted by molar-refractivity contribution is 0.374. The van der Waals surface area contributed by atoms with Crippen LogP contribution in [0.4, 0.5) is 0 Å². The van der Waals surface area contributed by atoms with Crippen LogP contribution in [0.1, 0.15) is 30.5 Å². The van der Waals surface area contributed by atoms with E-state index >= 15 is 0 Å². The molecule has 0 aliphatic carbocycles. The molecule has 3 heterocycles. The Morgan fingerprint density at radius 3 is 3.31 bits per heavy atom. The minimum atomic E-state index is 0.589. The zero-order valence-corrected chi connectivity index (χ0v) is 8.34. The maximum atomic E-state index is 2.37. The lowest BCUT2D eigenvalue weighted by Gasteiger charge is -2.30. The van der Waals surface area contributed by atoms with E-state index in [0.29, 0.717) is 6.04 Å². The number of hydrogen-bond acceptors (Lipinski definition) is 2. The Hall–Kier alpha value is -1.02. The number of hydrogen-bond donors (Lipinski definition) is 0. The summed E-state index contributed by atoms with van der Waals surface area (Å²) in [5.74, 6) is 0. The third-order valence-electron chi connectivity index (χ3n) is 2.82. The third-order valence-corrected chi connectivity index (χ3v) is 3.60.